The summed E-state index contributed by atoms with van der Waals surface area (Å²) in [6.45, 7) is 2.02. The molecule has 1 aliphatic rings. The molecule has 1 saturated carbocycles. The normalized spacial score (nSPS) is 18.0. The van der Waals surface area contributed by atoms with Crippen molar-refractivity contribution in [2.45, 2.75) is 31.6 Å². The quantitative estimate of drug-likeness (QED) is 0.726. The standard InChI is InChI=1S/C12H12N4/c1-9-3-4-10-14-11(15-16(10)7-9)12(8-13)5-2-6-12/h3-4,7H,2,5-6H2,1H3. The SMILES string of the molecule is Cc1ccc2nc(C3(C#N)CCC3)nn2c1. The van der Waals surface area contributed by atoms with Gasteiger partial charge in [-0.1, -0.05) is 6.07 Å². The second-order valence-electron chi connectivity index (χ2n) is 4.49. The van der Waals surface area contributed by atoms with Crippen molar-refractivity contribution in [2.75, 3.05) is 0 Å². The summed E-state index contributed by atoms with van der Waals surface area (Å²) in [6, 6.07) is 6.32. The van der Waals surface area contributed by atoms with Gasteiger partial charge < -0.3 is 0 Å². The Morgan fingerprint density at radius 3 is 2.88 bits per heavy atom. The number of aryl methyl sites for hydroxylation is 1. The number of aromatic nitrogens is 3. The highest BCUT2D eigenvalue weighted by Gasteiger charge is 2.42. The summed E-state index contributed by atoms with van der Waals surface area (Å²) in [6.07, 6.45) is 4.82. The first kappa shape index (κ1) is 9.34. The molecule has 4 nitrogen and oxygen atoms in total. The number of nitriles is 1. The molecule has 0 bridgehead atoms. The summed E-state index contributed by atoms with van der Waals surface area (Å²) in [5.74, 6) is 0.687. The lowest BCUT2D eigenvalue weighted by molar-refractivity contribution is 0.307. The van der Waals surface area contributed by atoms with Crippen LogP contribution in [0, 0.1) is 18.3 Å². The van der Waals surface area contributed by atoms with Crippen LogP contribution in [0.25, 0.3) is 5.65 Å². The summed E-state index contributed by atoms with van der Waals surface area (Å²) >= 11 is 0. The Morgan fingerprint density at radius 2 is 2.25 bits per heavy atom. The van der Waals surface area contributed by atoms with Gasteiger partial charge in [0, 0.05) is 6.20 Å². The molecule has 0 spiro atoms. The molecule has 1 fully saturated rings. The number of fused-ring (bicyclic) bond motifs is 1. The van der Waals surface area contributed by atoms with E-state index in [1.165, 1.54) is 0 Å². The van der Waals surface area contributed by atoms with Crippen LogP contribution < -0.4 is 0 Å². The van der Waals surface area contributed by atoms with Crippen molar-refractivity contribution in [3.8, 4) is 6.07 Å². The average Bonchev–Trinajstić information content (AvgIpc) is 2.60. The van der Waals surface area contributed by atoms with Gasteiger partial charge in [0.05, 0.1) is 6.07 Å². The molecule has 0 aromatic carbocycles. The third-order valence-electron chi connectivity index (χ3n) is 3.33. The zero-order valence-electron chi connectivity index (χ0n) is 9.14. The molecule has 1 aliphatic carbocycles. The summed E-state index contributed by atoms with van der Waals surface area (Å²) in [5, 5.41) is 13.7. The van der Waals surface area contributed by atoms with Gasteiger partial charge in [-0.25, -0.2) is 9.50 Å². The van der Waals surface area contributed by atoms with E-state index in [1.807, 2.05) is 25.3 Å². The van der Waals surface area contributed by atoms with Crippen LogP contribution in [0.2, 0.25) is 0 Å². The minimum atomic E-state index is -0.417. The Kier molecular flexibility index (Phi) is 1.78. The van der Waals surface area contributed by atoms with Crippen LogP contribution in [-0.2, 0) is 5.41 Å². The minimum absolute atomic E-state index is 0.417. The molecular weight excluding hydrogens is 200 g/mol. The van der Waals surface area contributed by atoms with Crippen LogP contribution in [-0.4, -0.2) is 14.6 Å². The van der Waals surface area contributed by atoms with E-state index in [1.54, 1.807) is 4.52 Å². The maximum absolute atomic E-state index is 9.23. The van der Waals surface area contributed by atoms with Crippen LogP contribution in [0.15, 0.2) is 18.3 Å². The Hall–Kier alpha value is -1.89. The topological polar surface area (TPSA) is 54.0 Å². The van der Waals surface area contributed by atoms with E-state index in [9.17, 15) is 5.26 Å². The molecule has 80 valence electrons. The van der Waals surface area contributed by atoms with Gasteiger partial charge in [-0.2, -0.15) is 5.26 Å². The second kappa shape index (κ2) is 3.05. The van der Waals surface area contributed by atoms with E-state index in [0.29, 0.717) is 5.82 Å². The van der Waals surface area contributed by atoms with Gasteiger partial charge in [0.2, 0.25) is 0 Å². The molecule has 0 atom stereocenters. The Morgan fingerprint density at radius 1 is 1.44 bits per heavy atom. The number of nitrogens with zero attached hydrogens (tertiary/aromatic N) is 4. The van der Waals surface area contributed by atoms with Crippen molar-refractivity contribution in [3.63, 3.8) is 0 Å². The van der Waals surface area contributed by atoms with Crippen molar-refractivity contribution >= 4 is 5.65 Å². The van der Waals surface area contributed by atoms with Crippen LogP contribution in [0.4, 0.5) is 0 Å². The molecule has 0 amide bonds. The highest BCUT2D eigenvalue weighted by atomic mass is 15.3. The zero-order valence-corrected chi connectivity index (χ0v) is 9.14. The summed E-state index contributed by atoms with van der Waals surface area (Å²) in [5.41, 5.74) is 1.55. The van der Waals surface area contributed by atoms with E-state index in [0.717, 1.165) is 30.5 Å². The fourth-order valence-electron chi connectivity index (χ4n) is 2.10. The molecule has 0 N–H and O–H groups in total. The second-order valence-corrected chi connectivity index (χ2v) is 4.49. The monoisotopic (exact) mass is 212 g/mol. The predicted molar refractivity (Wildman–Crippen MR) is 58.9 cm³/mol. The van der Waals surface area contributed by atoms with Crippen LogP contribution in [0.1, 0.15) is 30.7 Å². The van der Waals surface area contributed by atoms with Gasteiger partial charge in [0.1, 0.15) is 5.41 Å². The van der Waals surface area contributed by atoms with Crippen LogP contribution in [0.3, 0.4) is 0 Å². The van der Waals surface area contributed by atoms with E-state index < -0.39 is 5.41 Å². The van der Waals surface area contributed by atoms with E-state index >= 15 is 0 Å². The highest BCUT2D eigenvalue weighted by Crippen LogP contribution is 2.41. The molecule has 0 aliphatic heterocycles. The lowest BCUT2D eigenvalue weighted by Gasteiger charge is -2.31. The van der Waals surface area contributed by atoms with Crippen LogP contribution >= 0.6 is 0 Å². The number of hydrogen-bond donors (Lipinski definition) is 0. The lowest BCUT2D eigenvalue weighted by atomic mass is 9.69. The molecule has 2 heterocycles. The van der Waals surface area contributed by atoms with Gasteiger partial charge in [-0.15, -0.1) is 5.10 Å². The maximum atomic E-state index is 9.23. The molecular formula is C12H12N4. The molecule has 4 heteroatoms. The molecule has 3 rings (SSSR count). The average molecular weight is 212 g/mol. The van der Waals surface area contributed by atoms with Crippen molar-refractivity contribution in [3.05, 3.63) is 29.7 Å². The number of hydrogen-bond acceptors (Lipinski definition) is 3. The van der Waals surface area contributed by atoms with Gasteiger partial charge >= 0.3 is 0 Å². The van der Waals surface area contributed by atoms with Crippen molar-refractivity contribution < 1.29 is 0 Å². The highest BCUT2D eigenvalue weighted by molar-refractivity contribution is 5.41. The minimum Gasteiger partial charge on any atom is -0.221 e. The molecule has 2 aromatic rings. The summed E-state index contributed by atoms with van der Waals surface area (Å²) in [7, 11) is 0. The Balaban J connectivity index is 2.16. The Bertz CT molecular complexity index is 587. The van der Waals surface area contributed by atoms with Crippen LogP contribution in [0.5, 0.6) is 0 Å². The lowest BCUT2D eigenvalue weighted by Crippen LogP contribution is -2.33. The third-order valence-corrected chi connectivity index (χ3v) is 3.33. The van der Waals surface area contributed by atoms with E-state index in [-0.39, 0.29) is 0 Å². The largest absolute Gasteiger partial charge is 0.221 e. The van der Waals surface area contributed by atoms with E-state index in [4.69, 9.17) is 0 Å². The van der Waals surface area contributed by atoms with Gasteiger partial charge in [-0.05, 0) is 37.8 Å². The summed E-state index contributed by atoms with van der Waals surface area (Å²) < 4.78 is 1.77. The smallest absolute Gasteiger partial charge is 0.171 e. The fourth-order valence-corrected chi connectivity index (χ4v) is 2.10. The maximum Gasteiger partial charge on any atom is 0.171 e. The van der Waals surface area contributed by atoms with E-state index in [2.05, 4.69) is 16.2 Å². The van der Waals surface area contributed by atoms with Gasteiger partial charge in [0.25, 0.3) is 0 Å². The molecule has 0 radical (unpaired) electrons. The number of rotatable bonds is 1. The first-order valence-electron chi connectivity index (χ1n) is 5.48. The van der Waals surface area contributed by atoms with Gasteiger partial charge in [-0.3, -0.25) is 0 Å². The zero-order chi connectivity index (χ0) is 11.2. The molecule has 16 heavy (non-hydrogen) atoms. The van der Waals surface area contributed by atoms with Crippen molar-refractivity contribution in [1.82, 2.24) is 14.6 Å². The first-order chi connectivity index (χ1) is 7.73. The first-order valence-corrected chi connectivity index (χ1v) is 5.48. The number of pyridine rings is 1. The molecule has 0 saturated heterocycles. The molecule has 0 unspecified atom stereocenters. The Labute approximate surface area is 93.5 Å². The predicted octanol–water partition coefficient (Wildman–Crippen LogP) is 1.98. The van der Waals surface area contributed by atoms with Crippen molar-refractivity contribution in [2.24, 2.45) is 0 Å². The molecule has 2 aromatic heterocycles. The van der Waals surface area contributed by atoms with Gasteiger partial charge in [0.15, 0.2) is 11.5 Å². The summed E-state index contributed by atoms with van der Waals surface area (Å²) in [4.78, 5) is 4.45. The van der Waals surface area contributed by atoms with Crippen molar-refractivity contribution in [1.29, 1.82) is 5.26 Å². The fraction of sp³-hybridized carbons (Fsp3) is 0.417. The third kappa shape index (κ3) is 1.15.